The van der Waals surface area contributed by atoms with Crippen molar-refractivity contribution in [1.29, 1.82) is 0 Å². The van der Waals surface area contributed by atoms with E-state index in [1.165, 1.54) is 0 Å². The van der Waals surface area contributed by atoms with Crippen LogP contribution in [-0.4, -0.2) is 16.4 Å². The molecule has 3 N–H and O–H groups in total. The summed E-state index contributed by atoms with van der Waals surface area (Å²) in [6.07, 6.45) is 1.81. The zero-order chi connectivity index (χ0) is 13.8. The minimum atomic E-state index is -0.476. The van der Waals surface area contributed by atoms with Crippen LogP contribution in [0.4, 0.5) is 0 Å². The number of benzene rings is 1. The normalized spacial score (nSPS) is 10.2. The maximum atomic E-state index is 11.9. The maximum absolute atomic E-state index is 11.9. The van der Waals surface area contributed by atoms with Crippen LogP contribution < -0.4 is 11.1 Å². The molecule has 0 aliphatic carbocycles. The molecule has 0 saturated carbocycles. The highest BCUT2D eigenvalue weighted by Gasteiger charge is 2.08. The number of nitrogens with one attached hydrogen (secondary N) is 1. The Labute approximate surface area is 111 Å². The molecule has 0 spiro atoms. The van der Waals surface area contributed by atoms with Gasteiger partial charge in [0.05, 0.1) is 0 Å². The fraction of sp³-hybridized carbons (Fsp3) is 0.143. The summed E-state index contributed by atoms with van der Waals surface area (Å²) in [6.45, 7) is 0.352. The van der Waals surface area contributed by atoms with Crippen LogP contribution in [0.5, 0.6) is 0 Å². The van der Waals surface area contributed by atoms with Gasteiger partial charge in [0, 0.05) is 25.4 Å². The van der Waals surface area contributed by atoms with Gasteiger partial charge in [-0.05, 0) is 29.8 Å². The molecule has 1 heterocycles. The molecule has 1 aromatic heterocycles. The number of amides is 2. The van der Waals surface area contributed by atoms with Crippen LogP contribution in [0.3, 0.4) is 0 Å². The summed E-state index contributed by atoms with van der Waals surface area (Å²) < 4.78 is 1.75. The van der Waals surface area contributed by atoms with Crippen molar-refractivity contribution < 1.29 is 9.59 Å². The molecule has 2 rings (SSSR count). The molecular weight excluding hydrogens is 242 g/mol. The van der Waals surface area contributed by atoms with Crippen LogP contribution in [0.2, 0.25) is 0 Å². The summed E-state index contributed by atoms with van der Waals surface area (Å²) in [5, 5.41) is 2.80. The second-order valence-corrected chi connectivity index (χ2v) is 4.25. The Morgan fingerprint density at radius 3 is 2.68 bits per heavy atom. The zero-order valence-electron chi connectivity index (χ0n) is 10.6. The van der Waals surface area contributed by atoms with Crippen LogP contribution >= 0.6 is 0 Å². The molecule has 5 heteroatoms. The first-order valence-electron chi connectivity index (χ1n) is 5.86. The first kappa shape index (κ1) is 12.9. The third-order valence-electron chi connectivity index (χ3n) is 2.84. The highest BCUT2D eigenvalue weighted by atomic mass is 16.2. The van der Waals surface area contributed by atoms with Crippen molar-refractivity contribution in [1.82, 2.24) is 9.88 Å². The second kappa shape index (κ2) is 5.39. The van der Waals surface area contributed by atoms with Gasteiger partial charge in [0.15, 0.2) is 0 Å². The van der Waals surface area contributed by atoms with Crippen molar-refractivity contribution in [2.24, 2.45) is 12.8 Å². The van der Waals surface area contributed by atoms with Crippen LogP contribution in [0, 0.1) is 0 Å². The molecule has 2 aromatic rings. The summed E-state index contributed by atoms with van der Waals surface area (Å²) in [5.41, 5.74) is 7.06. The molecule has 19 heavy (non-hydrogen) atoms. The van der Waals surface area contributed by atoms with E-state index in [1.54, 1.807) is 28.8 Å². The topological polar surface area (TPSA) is 77.1 Å². The average molecular weight is 257 g/mol. The lowest BCUT2D eigenvalue weighted by atomic mass is 10.1. The van der Waals surface area contributed by atoms with E-state index in [2.05, 4.69) is 5.32 Å². The summed E-state index contributed by atoms with van der Waals surface area (Å²) in [4.78, 5) is 22.9. The summed E-state index contributed by atoms with van der Waals surface area (Å²) in [5.74, 6) is -0.632. The third kappa shape index (κ3) is 3.01. The van der Waals surface area contributed by atoms with E-state index in [0.29, 0.717) is 17.8 Å². The molecule has 0 saturated heterocycles. The Hall–Kier alpha value is -2.56. The molecule has 98 valence electrons. The molecule has 0 radical (unpaired) electrons. The lowest BCUT2D eigenvalue weighted by Crippen LogP contribution is -2.25. The van der Waals surface area contributed by atoms with Crippen molar-refractivity contribution in [2.45, 2.75) is 6.54 Å². The molecule has 0 atom stereocenters. The first-order chi connectivity index (χ1) is 9.08. The van der Waals surface area contributed by atoms with Crippen LogP contribution in [0.1, 0.15) is 26.4 Å². The van der Waals surface area contributed by atoms with Crippen molar-refractivity contribution in [3.8, 4) is 0 Å². The number of aryl methyl sites for hydroxylation is 1. The fourth-order valence-corrected chi connectivity index (χ4v) is 1.80. The predicted molar refractivity (Wildman–Crippen MR) is 71.5 cm³/mol. The second-order valence-electron chi connectivity index (χ2n) is 4.25. The van der Waals surface area contributed by atoms with Gasteiger partial charge in [-0.15, -0.1) is 0 Å². The third-order valence-corrected chi connectivity index (χ3v) is 2.84. The van der Waals surface area contributed by atoms with Gasteiger partial charge in [0.1, 0.15) is 5.69 Å². The van der Waals surface area contributed by atoms with Crippen molar-refractivity contribution in [3.63, 3.8) is 0 Å². The summed E-state index contributed by atoms with van der Waals surface area (Å²) in [7, 11) is 1.81. The monoisotopic (exact) mass is 257 g/mol. The van der Waals surface area contributed by atoms with Gasteiger partial charge in [-0.1, -0.05) is 12.1 Å². The lowest BCUT2D eigenvalue weighted by molar-refractivity contribution is 0.0942. The molecule has 0 aliphatic heterocycles. The van der Waals surface area contributed by atoms with Crippen molar-refractivity contribution >= 4 is 11.8 Å². The van der Waals surface area contributed by atoms with E-state index in [4.69, 9.17) is 5.73 Å². The number of aromatic nitrogens is 1. The van der Waals surface area contributed by atoms with Gasteiger partial charge in [0.25, 0.3) is 5.91 Å². The van der Waals surface area contributed by atoms with E-state index in [-0.39, 0.29) is 5.91 Å². The van der Waals surface area contributed by atoms with Gasteiger partial charge >= 0.3 is 0 Å². The molecule has 1 aromatic carbocycles. The molecule has 0 fully saturated rings. The Kier molecular flexibility index (Phi) is 3.66. The molecule has 0 bridgehead atoms. The molecular formula is C14H15N3O2. The van der Waals surface area contributed by atoms with Gasteiger partial charge < -0.3 is 15.6 Å². The standard InChI is InChI=1S/C14H15N3O2/c1-17-7-3-6-12(17)14(19)16-9-10-4-2-5-11(8-10)13(15)18/h2-8H,9H2,1H3,(H2,15,18)(H,16,19). The highest BCUT2D eigenvalue weighted by molar-refractivity contribution is 5.93. The Morgan fingerprint density at radius 2 is 2.05 bits per heavy atom. The van der Waals surface area contributed by atoms with E-state index >= 15 is 0 Å². The van der Waals surface area contributed by atoms with Crippen molar-refractivity contribution in [3.05, 3.63) is 59.4 Å². The van der Waals surface area contributed by atoms with E-state index in [9.17, 15) is 9.59 Å². The van der Waals surface area contributed by atoms with E-state index in [1.807, 2.05) is 25.4 Å². The average Bonchev–Trinajstić information content (AvgIpc) is 2.82. The fourth-order valence-electron chi connectivity index (χ4n) is 1.80. The van der Waals surface area contributed by atoms with Gasteiger partial charge in [-0.25, -0.2) is 0 Å². The zero-order valence-corrected chi connectivity index (χ0v) is 10.6. The largest absolute Gasteiger partial charge is 0.366 e. The Morgan fingerprint density at radius 1 is 1.26 bits per heavy atom. The Bertz CT molecular complexity index is 617. The Balaban J connectivity index is 2.03. The lowest BCUT2D eigenvalue weighted by Gasteiger charge is -2.07. The number of rotatable bonds is 4. The number of carbonyl (C=O) groups excluding carboxylic acids is 2. The maximum Gasteiger partial charge on any atom is 0.268 e. The van der Waals surface area contributed by atoms with Crippen LogP contribution in [0.15, 0.2) is 42.6 Å². The van der Waals surface area contributed by atoms with Crippen molar-refractivity contribution in [2.75, 3.05) is 0 Å². The van der Waals surface area contributed by atoms with Gasteiger partial charge in [0.2, 0.25) is 5.91 Å². The number of nitrogens with two attached hydrogens (primary N) is 1. The highest BCUT2D eigenvalue weighted by Crippen LogP contribution is 2.05. The summed E-state index contributed by atoms with van der Waals surface area (Å²) in [6, 6.07) is 10.4. The summed E-state index contributed by atoms with van der Waals surface area (Å²) >= 11 is 0. The number of hydrogen-bond donors (Lipinski definition) is 2. The van der Waals surface area contributed by atoms with E-state index in [0.717, 1.165) is 5.56 Å². The quantitative estimate of drug-likeness (QED) is 0.859. The van der Waals surface area contributed by atoms with E-state index < -0.39 is 5.91 Å². The van der Waals surface area contributed by atoms with Gasteiger partial charge in [-0.3, -0.25) is 9.59 Å². The number of nitrogens with zero attached hydrogens (tertiary/aromatic N) is 1. The predicted octanol–water partition coefficient (Wildman–Crippen LogP) is 1.05. The minimum Gasteiger partial charge on any atom is -0.366 e. The van der Waals surface area contributed by atoms with Crippen LogP contribution in [-0.2, 0) is 13.6 Å². The molecule has 0 unspecified atom stereocenters. The number of carbonyl (C=O) groups is 2. The number of hydrogen-bond acceptors (Lipinski definition) is 2. The first-order valence-corrected chi connectivity index (χ1v) is 5.86. The smallest absolute Gasteiger partial charge is 0.268 e. The molecule has 2 amide bonds. The van der Waals surface area contributed by atoms with Crippen LogP contribution in [0.25, 0.3) is 0 Å². The van der Waals surface area contributed by atoms with Gasteiger partial charge in [-0.2, -0.15) is 0 Å². The minimum absolute atomic E-state index is 0.156. The molecule has 5 nitrogen and oxygen atoms in total. The SMILES string of the molecule is Cn1cccc1C(=O)NCc1cccc(C(N)=O)c1. The molecule has 0 aliphatic rings. The number of primary amides is 1.